The number of halogens is 3. The number of rotatable bonds is 5. The number of carbonyl (C=O) groups excluding carboxylic acids is 2. The summed E-state index contributed by atoms with van der Waals surface area (Å²) in [5.74, 6) is -1.42. The molecule has 0 saturated heterocycles. The molecule has 0 heterocycles. The van der Waals surface area contributed by atoms with Gasteiger partial charge in [-0.15, -0.1) is 0 Å². The Morgan fingerprint density at radius 1 is 0.962 bits per heavy atom. The Kier molecular flexibility index (Phi) is 7.63. The van der Waals surface area contributed by atoms with Crippen LogP contribution in [0, 0.1) is 10.7 Å². The SMILES string of the molecule is O=C(COC(=O)c1c(I)ccc(I)c1I)Oc1ccc(S(=O)(=O)O)cc1. The van der Waals surface area contributed by atoms with Gasteiger partial charge in [0.1, 0.15) is 5.75 Å². The first kappa shape index (κ1) is 21.8. The van der Waals surface area contributed by atoms with Crippen molar-refractivity contribution >= 4 is 89.8 Å². The molecular weight excluding hydrogens is 705 g/mol. The normalized spacial score (nSPS) is 11.1. The van der Waals surface area contributed by atoms with E-state index in [1.807, 2.05) is 51.2 Å². The van der Waals surface area contributed by atoms with Crippen molar-refractivity contribution < 1.29 is 32.0 Å². The van der Waals surface area contributed by atoms with Gasteiger partial charge in [-0.25, -0.2) is 9.59 Å². The fourth-order valence-corrected chi connectivity index (χ4v) is 4.56. The van der Waals surface area contributed by atoms with Crippen molar-refractivity contribution in [1.29, 1.82) is 0 Å². The van der Waals surface area contributed by atoms with Crippen LogP contribution < -0.4 is 4.74 Å². The van der Waals surface area contributed by atoms with Crippen molar-refractivity contribution in [3.8, 4) is 5.75 Å². The summed E-state index contributed by atoms with van der Waals surface area (Å²) in [5, 5.41) is 0. The fourth-order valence-electron chi connectivity index (χ4n) is 1.75. The third-order valence-electron chi connectivity index (χ3n) is 2.92. The summed E-state index contributed by atoms with van der Waals surface area (Å²) in [4.78, 5) is 23.7. The van der Waals surface area contributed by atoms with Crippen LogP contribution in [0.4, 0.5) is 0 Å². The van der Waals surface area contributed by atoms with E-state index in [-0.39, 0.29) is 10.6 Å². The van der Waals surface area contributed by atoms with E-state index in [2.05, 4.69) is 22.6 Å². The standard InChI is InChI=1S/C15H9I3O7S/c16-10-5-6-11(17)14(18)13(10)15(20)24-7-12(19)25-8-1-3-9(4-2-8)26(21,22)23/h1-6H,7H2,(H,21,22,23). The second kappa shape index (κ2) is 9.11. The molecule has 0 unspecified atom stereocenters. The van der Waals surface area contributed by atoms with Gasteiger partial charge in [0.15, 0.2) is 6.61 Å². The molecule has 1 N–H and O–H groups in total. The maximum Gasteiger partial charge on any atom is 0.349 e. The molecule has 0 aromatic heterocycles. The number of esters is 2. The Morgan fingerprint density at radius 3 is 2.12 bits per heavy atom. The number of benzene rings is 2. The molecule has 138 valence electrons. The molecule has 0 radical (unpaired) electrons. The molecule has 11 heteroatoms. The van der Waals surface area contributed by atoms with Crippen molar-refractivity contribution in [2.24, 2.45) is 0 Å². The highest BCUT2D eigenvalue weighted by atomic mass is 127. The quantitative estimate of drug-likeness (QED) is 0.166. The average Bonchev–Trinajstić information content (AvgIpc) is 2.56. The summed E-state index contributed by atoms with van der Waals surface area (Å²) in [6, 6.07) is 8.21. The maximum atomic E-state index is 12.2. The van der Waals surface area contributed by atoms with Crippen molar-refractivity contribution in [3.05, 3.63) is 52.7 Å². The monoisotopic (exact) mass is 714 g/mol. The van der Waals surface area contributed by atoms with Crippen LogP contribution in [0.2, 0.25) is 0 Å². The summed E-state index contributed by atoms with van der Waals surface area (Å²) in [6.07, 6.45) is 0. The Balaban J connectivity index is 1.99. The minimum atomic E-state index is -4.32. The lowest BCUT2D eigenvalue weighted by Gasteiger charge is -2.09. The summed E-state index contributed by atoms with van der Waals surface area (Å²) in [6.45, 7) is -0.601. The topological polar surface area (TPSA) is 107 Å². The van der Waals surface area contributed by atoms with Gasteiger partial charge in [-0.3, -0.25) is 4.55 Å². The molecule has 2 aromatic carbocycles. The lowest BCUT2D eigenvalue weighted by atomic mass is 10.2. The first-order chi connectivity index (χ1) is 12.1. The van der Waals surface area contributed by atoms with Gasteiger partial charge in [0, 0.05) is 10.7 Å². The van der Waals surface area contributed by atoms with Crippen molar-refractivity contribution in [1.82, 2.24) is 0 Å². The highest BCUT2D eigenvalue weighted by Crippen LogP contribution is 2.25. The van der Waals surface area contributed by atoms with Crippen LogP contribution in [0.5, 0.6) is 5.75 Å². The van der Waals surface area contributed by atoms with E-state index in [4.69, 9.17) is 14.0 Å². The molecule has 0 spiro atoms. The van der Waals surface area contributed by atoms with Gasteiger partial charge in [-0.1, -0.05) is 0 Å². The molecule has 0 fully saturated rings. The Morgan fingerprint density at radius 2 is 1.54 bits per heavy atom. The predicted octanol–water partition coefficient (Wildman–Crippen LogP) is 3.51. The smallest absolute Gasteiger partial charge is 0.349 e. The Labute approximate surface area is 190 Å². The van der Waals surface area contributed by atoms with E-state index in [1.54, 1.807) is 6.07 Å². The van der Waals surface area contributed by atoms with E-state index in [9.17, 15) is 18.0 Å². The average molecular weight is 714 g/mol. The van der Waals surface area contributed by atoms with E-state index < -0.39 is 28.7 Å². The van der Waals surface area contributed by atoms with E-state index in [1.165, 1.54) is 12.1 Å². The number of carbonyl (C=O) groups is 2. The lowest BCUT2D eigenvalue weighted by Crippen LogP contribution is -2.20. The highest BCUT2D eigenvalue weighted by Gasteiger charge is 2.19. The van der Waals surface area contributed by atoms with Gasteiger partial charge in [-0.2, -0.15) is 8.42 Å². The zero-order valence-electron chi connectivity index (χ0n) is 12.6. The first-order valence-electron chi connectivity index (χ1n) is 6.68. The zero-order valence-corrected chi connectivity index (χ0v) is 19.9. The molecule has 0 saturated carbocycles. The summed E-state index contributed by atoms with van der Waals surface area (Å²) in [7, 11) is -4.32. The van der Waals surface area contributed by atoms with Gasteiger partial charge in [0.25, 0.3) is 10.1 Å². The van der Waals surface area contributed by atoms with Gasteiger partial charge < -0.3 is 9.47 Å². The molecule has 0 atom stereocenters. The minimum absolute atomic E-state index is 0.0527. The molecule has 0 aliphatic carbocycles. The fraction of sp³-hybridized carbons (Fsp3) is 0.0667. The van der Waals surface area contributed by atoms with E-state index >= 15 is 0 Å². The molecule has 2 rings (SSSR count). The van der Waals surface area contributed by atoms with Gasteiger partial charge in [0.2, 0.25) is 0 Å². The molecule has 0 amide bonds. The summed E-state index contributed by atoms with van der Waals surface area (Å²) in [5.41, 5.74) is 0.378. The van der Waals surface area contributed by atoms with E-state index in [0.29, 0.717) is 9.13 Å². The zero-order chi connectivity index (χ0) is 19.5. The summed E-state index contributed by atoms with van der Waals surface area (Å²) < 4.78 is 43.0. The van der Waals surface area contributed by atoms with Crippen LogP contribution in [0.1, 0.15) is 10.4 Å². The van der Waals surface area contributed by atoms with Crippen LogP contribution in [0.15, 0.2) is 41.3 Å². The highest BCUT2D eigenvalue weighted by molar-refractivity contribution is 14.1. The van der Waals surface area contributed by atoms with Crippen LogP contribution in [0.3, 0.4) is 0 Å². The van der Waals surface area contributed by atoms with Gasteiger partial charge in [0.05, 0.1) is 10.5 Å². The summed E-state index contributed by atoms with van der Waals surface area (Å²) >= 11 is 6.13. The van der Waals surface area contributed by atoms with Crippen LogP contribution >= 0.6 is 67.8 Å². The van der Waals surface area contributed by atoms with E-state index in [0.717, 1.165) is 19.3 Å². The van der Waals surface area contributed by atoms with Crippen molar-refractivity contribution in [3.63, 3.8) is 0 Å². The van der Waals surface area contributed by atoms with Crippen LogP contribution in [-0.4, -0.2) is 31.5 Å². The van der Waals surface area contributed by atoms with Crippen LogP contribution in [0.25, 0.3) is 0 Å². The Bertz CT molecular complexity index is 956. The van der Waals surface area contributed by atoms with Crippen LogP contribution in [-0.2, 0) is 19.6 Å². The largest absolute Gasteiger partial charge is 0.450 e. The third-order valence-corrected chi connectivity index (χ3v) is 7.74. The van der Waals surface area contributed by atoms with Gasteiger partial charge in [-0.05, 0) is 104 Å². The maximum absolute atomic E-state index is 12.2. The van der Waals surface area contributed by atoms with Crippen molar-refractivity contribution in [2.75, 3.05) is 6.61 Å². The lowest BCUT2D eigenvalue weighted by molar-refractivity contribution is -0.137. The van der Waals surface area contributed by atoms with Crippen molar-refractivity contribution in [2.45, 2.75) is 4.90 Å². The molecule has 0 bridgehead atoms. The third kappa shape index (κ3) is 5.74. The molecule has 0 aliphatic heterocycles. The minimum Gasteiger partial charge on any atom is -0.450 e. The number of ether oxygens (including phenoxy) is 2. The molecule has 26 heavy (non-hydrogen) atoms. The number of hydrogen-bond acceptors (Lipinski definition) is 6. The Hall–Kier alpha value is -0.520. The second-order valence-electron chi connectivity index (χ2n) is 4.71. The molecular formula is C15H9I3O7S. The molecule has 2 aromatic rings. The number of hydrogen-bond donors (Lipinski definition) is 1. The predicted molar refractivity (Wildman–Crippen MR) is 117 cm³/mol. The second-order valence-corrected chi connectivity index (χ2v) is 9.54. The molecule has 0 aliphatic rings. The first-order valence-corrected chi connectivity index (χ1v) is 11.4. The van der Waals surface area contributed by atoms with Gasteiger partial charge >= 0.3 is 11.9 Å². The molecule has 7 nitrogen and oxygen atoms in total.